The van der Waals surface area contributed by atoms with Gasteiger partial charge in [-0.1, -0.05) is 48.5 Å². The smallest absolute Gasteiger partial charge is 0.407 e. The summed E-state index contributed by atoms with van der Waals surface area (Å²) < 4.78 is 5.72. The standard InChI is InChI=1S/C24H24N2O2/c25-16-23-9-12-24(13-10-23,14-11-23)26-22(27)28-15-21-19-7-3-1-5-17(19)18-6-2-4-8-20(18)21/h1-8,21H,9-15H2,(H,26,27). The number of carbonyl (C=O) groups excluding carboxylic acids is 1. The lowest BCUT2D eigenvalue weighted by Crippen LogP contribution is -2.56. The molecule has 28 heavy (non-hydrogen) atoms. The summed E-state index contributed by atoms with van der Waals surface area (Å²) in [6, 6.07) is 19.2. The number of amides is 1. The molecular weight excluding hydrogens is 348 g/mol. The summed E-state index contributed by atoms with van der Waals surface area (Å²) in [7, 11) is 0. The second-order valence-electron chi connectivity index (χ2n) is 8.62. The Balaban J connectivity index is 1.27. The molecule has 2 aromatic carbocycles. The Bertz CT molecular complexity index is 905. The van der Waals surface area contributed by atoms with Crippen LogP contribution in [0.25, 0.3) is 11.1 Å². The highest BCUT2D eigenvalue weighted by molar-refractivity contribution is 5.79. The number of alkyl carbamates (subject to hydrolysis) is 1. The molecule has 4 aliphatic rings. The molecule has 0 aliphatic heterocycles. The minimum absolute atomic E-state index is 0.0830. The van der Waals surface area contributed by atoms with Gasteiger partial charge in [0.1, 0.15) is 6.61 Å². The van der Waals surface area contributed by atoms with Crippen LogP contribution in [0.3, 0.4) is 0 Å². The van der Waals surface area contributed by atoms with E-state index in [1.165, 1.54) is 22.3 Å². The topological polar surface area (TPSA) is 62.1 Å². The van der Waals surface area contributed by atoms with Crippen molar-refractivity contribution in [1.82, 2.24) is 5.32 Å². The van der Waals surface area contributed by atoms with Crippen LogP contribution in [0.15, 0.2) is 48.5 Å². The van der Waals surface area contributed by atoms with Crippen molar-refractivity contribution >= 4 is 6.09 Å². The maximum atomic E-state index is 12.6. The lowest BCUT2D eigenvalue weighted by Gasteiger charge is -2.50. The fourth-order valence-electron chi connectivity index (χ4n) is 5.39. The van der Waals surface area contributed by atoms with E-state index in [9.17, 15) is 10.1 Å². The van der Waals surface area contributed by atoms with Crippen molar-refractivity contribution in [2.45, 2.75) is 50.0 Å². The van der Waals surface area contributed by atoms with Gasteiger partial charge in [0.15, 0.2) is 0 Å². The van der Waals surface area contributed by atoms with Crippen LogP contribution in [0.2, 0.25) is 0 Å². The first-order valence-corrected chi connectivity index (χ1v) is 10.2. The molecule has 0 radical (unpaired) electrons. The fourth-order valence-corrected chi connectivity index (χ4v) is 5.39. The van der Waals surface area contributed by atoms with Gasteiger partial charge in [-0.05, 0) is 60.8 Å². The van der Waals surface area contributed by atoms with Crippen LogP contribution in [0.4, 0.5) is 4.79 Å². The number of nitrogens with one attached hydrogen (secondary N) is 1. The summed E-state index contributed by atoms with van der Waals surface area (Å²) in [4.78, 5) is 12.6. The summed E-state index contributed by atoms with van der Waals surface area (Å²) >= 11 is 0. The highest BCUT2D eigenvalue weighted by Crippen LogP contribution is 2.52. The summed E-state index contributed by atoms with van der Waals surface area (Å²) in [6.07, 6.45) is 4.96. The molecule has 0 atom stereocenters. The number of hydrogen-bond acceptors (Lipinski definition) is 3. The van der Waals surface area contributed by atoms with Gasteiger partial charge in [-0.2, -0.15) is 5.26 Å². The van der Waals surface area contributed by atoms with Crippen LogP contribution in [0, 0.1) is 16.7 Å². The van der Waals surface area contributed by atoms with Gasteiger partial charge in [0.25, 0.3) is 0 Å². The lowest BCUT2D eigenvalue weighted by molar-refractivity contribution is 0.0533. The molecular formula is C24H24N2O2. The molecule has 2 aromatic rings. The van der Waals surface area contributed by atoms with Gasteiger partial charge >= 0.3 is 6.09 Å². The van der Waals surface area contributed by atoms with E-state index in [2.05, 4.69) is 47.8 Å². The molecule has 2 bridgehead atoms. The summed E-state index contributed by atoms with van der Waals surface area (Å²) in [5, 5.41) is 12.6. The summed E-state index contributed by atoms with van der Waals surface area (Å²) in [5.74, 6) is 0.0830. The van der Waals surface area contributed by atoms with E-state index in [0.717, 1.165) is 38.5 Å². The molecule has 3 fully saturated rings. The number of carbonyl (C=O) groups is 1. The molecule has 1 N–H and O–H groups in total. The maximum absolute atomic E-state index is 12.6. The van der Waals surface area contributed by atoms with Crippen molar-refractivity contribution in [3.05, 3.63) is 59.7 Å². The molecule has 4 aliphatic carbocycles. The number of rotatable bonds is 3. The van der Waals surface area contributed by atoms with E-state index >= 15 is 0 Å². The first-order chi connectivity index (χ1) is 13.6. The van der Waals surface area contributed by atoms with Crippen molar-refractivity contribution in [3.8, 4) is 17.2 Å². The largest absolute Gasteiger partial charge is 0.449 e. The maximum Gasteiger partial charge on any atom is 0.407 e. The zero-order chi connectivity index (χ0) is 19.2. The number of hydrogen-bond donors (Lipinski definition) is 1. The van der Waals surface area contributed by atoms with Crippen molar-refractivity contribution in [1.29, 1.82) is 5.26 Å². The number of nitrogens with zero attached hydrogens (tertiary/aromatic N) is 1. The SMILES string of the molecule is N#CC12CCC(NC(=O)OCC3c4ccccc4-c4ccccc43)(CC1)CC2. The van der Waals surface area contributed by atoms with Crippen molar-refractivity contribution in [2.24, 2.45) is 5.41 Å². The average molecular weight is 372 g/mol. The van der Waals surface area contributed by atoms with E-state index in [1.807, 2.05) is 12.1 Å². The van der Waals surface area contributed by atoms with Crippen molar-refractivity contribution in [2.75, 3.05) is 6.61 Å². The predicted octanol–water partition coefficient (Wildman–Crippen LogP) is 5.14. The molecule has 0 unspecified atom stereocenters. The monoisotopic (exact) mass is 372 g/mol. The fraction of sp³-hybridized carbons (Fsp3) is 0.417. The Morgan fingerprint density at radius 2 is 1.50 bits per heavy atom. The van der Waals surface area contributed by atoms with Gasteiger partial charge in [-0.3, -0.25) is 0 Å². The van der Waals surface area contributed by atoms with E-state index in [4.69, 9.17) is 4.74 Å². The van der Waals surface area contributed by atoms with E-state index in [1.54, 1.807) is 0 Å². The number of benzene rings is 2. The minimum atomic E-state index is -0.326. The molecule has 6 rings (SSSR count). The quantitative estimate of drug-likeness (QED) is 0.811. The third-order valence-corrected chi connectivity index (χ3v) is 7.19. The highest BCUT2D eigenvalue weighted by atomic mass is 16.5. The number of ether oxygens (including phenoxy) is 1. The van der Waals surface area contributed by atoms with Crippen LogP contribution in [0.1, 0.15) is 55.6 Å². The molecule has 0 spiro atoms. The minimum Gasteiger partial charge on any atom is -0.449 e. The van der Waals surface area contributed by atoms with Crippen LogP contribution in [-0.2, 0) is 4.74 Å². The first kappa shape index (κ1) is 17.3. The number of fused-ring (bicyclic) bond motifs is 6. The zero-order valence-electron chi connectivity index (χ0n) is 15.9. The Morgan fingerprint density at radius 1 is 0.964 bits per heavy atom. The van der Waals surface area contributed by atoms with Gasteiger partial charge in [-0.15, -0.1) is 0 Å². The second kappa shape index (κ2) is 6.38. The van der Waals surface area contributed by atoms with E-state index in [-0.39, 0.29) is 23.0 Å². The van der Waals surface area contributed by atoms with Gasteiger partial charge in [0, 0.05) is 11.5 Å². The highest BCUT2D eigenvalue weighted by Gasteiger charge is 2.49. The predicted molar refractivity (Wildman–Crippen MR) is 107 cm³/mol. The van der Waals surface area contributed by atoms with Crippen LogP contribution < -0.4 is 5.32 Å². The molecule has 0 saturated heterocycles. The molecule has 0 heterocycles. The van der Waals surface area contributed by atoms with Gasteiger partial charge < -0.3 is 10.1 Å². The molecule has 4 nitrogen and oxygen atoms in total. The molecule has 3 saturated carbocycles. The van der Waals surface area contributed by atoms with Crippen LogP contribution in [0.5, 0.6) is 0 Å². The number of nitriles is 1. The van der Waals surface area contributed by atoms with Gasteiger partial charge in [0.05, 0.1) is 11.5 Å². The molecule has 4 heteroatoms. The van der Waals surface area contributed by atoms with Gasteiger partial charge in [-0.25, -0.2) is 4.79 Å². The Morgan fingerprint density at radius 3 is 2.04 bits per heavy atom. The van der Waals surface area contributed by atoms with E-state index in [0.29, 0.717) is 6.61 Å². The van der Waals surface area contributed by atoms with Crippen LogP contribution in [-0.4, -0.2) is 18.2 Å². The van der Waals surface area contributed by atoms with E-state index < -0.39 is 0 Å². The van der Waals surface area contributed by atoms with Crippen LogP contribution >= 0.6 is 0 Å². The normalized spacial score (nSPS) is 27.5. The molecule has 1 amide bonds. The Labute approximate surface area is 165 Å². The van der Waals surface area contributed by atoms with Gasteiger partial charge in [0.2, 0.25) is 0 Å². The summed E-state index contributed by atoms with van der Waals surface area (Å²) in [5.41, 5.74) is 4.59. The molecule has 0 aromatic heterocycles. The Kier molecular flexibility index (Phi) is 3.94. The third-order valence-electron chi connectivity index (χ3n) is 7.19. The van der Waals surface area contributed by atoms with Crippen molar-refractivity contribution in [3.63, 3.8) is 0 Å². The first-order valence-electron chi connectivity index (χ1n) is 10.2. The molecule has 142 valence electrons. The third kappa shape index (κ3) is 2.69. The summed E-state index contributed by atoms with van der Waals surface area (Å²) in [6.45, 7) is 0.345. The average Bonchev–Trinajstić information content (AvgIpc) is 3.07. The lowest BCUT2D eigenvalue weighted by atomic mass is 9.58. The second-order valence-corrected chi connectivity index (χ2v) is 8.62. The Hall–Kier alpha value is -2.80. The zero-order valence-corrected chi connectivity index (χ0v) is 15.9. The van der Waals surface area contributed by atoms with Crippen molar-refractivity contribution < 1.29 is 9.53 Å².